The molecule has 3 heteroatoms. The monoisotopic (exact) mass is 153 g/mol. The Balaban J connectivity index is 2.50. The molecule has 60 valence electrons. The number of hydrogen-bond acceptors (Lipinski definition) is 2. The van der Waals surface area contributed by atoms with Gasteiger partial charge in [-0.1, -0.05) is 6.92 Å². The largest absolute Gasteiger partial charge is 0.469 e. The zero-order valence-corrected chi connectivity index (χ0v) is 6.41. The SMILES string of the molecule is C[C@H](Cc1ccco1)C(N)=O. The van der Waals surface area contributed by atoms with Gasteiger partial charge in [0.15, 0.2) is 0 Å². The fourth-order valence-corrected chi connectivity index (χ4v) is 0.831. The molecule has 3 nitrogen and oxygen atoms in total. The van der Waals surface area contributed by atoms with Crippen LogP contribution in [-0.2, 0) is 11.2 Å². The lowest BCUT2D eigenvalue weighted by atomic mass is 10.1. The Morgan fingerprint density at radius 3 is 3.00 bits per heavy atom. The second-order valence-electron chi connectivity index (χ2n) is 2.59. The van der Waals surface area contributed by atoms with E-state index in [1.807, 2.05) is 6.07 Å². The minimum atomic E-state index is -0.290. The molecule has 0 spiro atoms. The summed E-state index contributed by atoms with van der Waals surface area (Å²) < 4.78 is 5.05. The Kier molecular flexibility index (Phi) is 2.31. The topological polar surface area (TPSA) is 56.2 Å². The molecular weight excluding hydrogens is 142 g/mol. The number of amides is 1. The Bertz CT molecular complexity index is 228. The standard InChI is InChI=1S/C8H11NO2/c1-6(8(9)10)5-7-3-2-4-11-7/h2-4,6H,5H2,1H3,(H2,9,10)/t6-/m1/s1. The quantitative estimate of drug-likeness (QED) is 0.702. The van der Waals surface area contributed by atoms with E-state index in [4.69, 9.17) is 10.2 Å². The molecule has 0 aliphatic heterocycles. The summed E-state index contributed by atoms with van der Waals surface area (Å²) in [6.45, 7) is 1.78. The maximum Gasteiger partial charge on any atom is 0.220 e. The van der Waals surface area contributed by atoms with Crippen molar-refractivity contribution in [3.05, 3.63) is 24.2 Å². The molecule has 1 atom stereocenters. The molecule has 1 amide bonds. The summed E-state index contributed by atoms with van der Waals surface area (Å²) in [7, 11) is 0. The Morgan fingerprint density at radius 2 is 2.55 bits per heavy atom. The lowest BCUT2D eigenvalue weighted by Gasteiger charge is -2.02. The van der Waals surface area contributed by atoms with Crippen molar-refractivity contribution in [2.45, 2.75) is 13.3 Å². The van der Waals surface area contributed by atoms with Crippen LogP contribution in [0.1, 0.15) is 12.7 Å². The van der Waals surface area contributed by atoms with Crippen LogP contribution in [0.2, 0.25) is 0 Å². The van der Waals surface area contributed by atoms with Gasteiger partial charge in [0.05, 0.1) is 6.26 Å². The highest BCUT2D eigenvalue weighted by Crippen LogP contribution is 2.07. The highest BCUT2D eigenvalue weighted by Gasteiger charge is 2.10. The van der Waals surface area contributed by atoms with E-state index in [1.165, 1.54) is 0 Å². The summed E-state index contributed by atoms with van der Waals surface area (Å²) in [5.74, 6) is 0.360. The van der Waals surface area contributed by atoms with Crippen LogP contribution < -0.4 is 5.73 Å². The number of hydrogen-bond donors (Lipinski definition) is 1. The first-order valence-electron chi connectivity index (χ1n) is 3.52. The molecule has 0 aromatic carbocycles. The molecule has 0 aliphatic rings. The maximum atomic E-state index is 10.6. The van der Waals surface area contributed by atoms with Crippen LogP contribution in [0.25, 0.3) is 0 Å². The third kappa shape index (κ3) is 2.11. The molecule has 1 rings (SSSR count). The van der Waals surface area contributed by atoms with E-state index >= 15 is 0 Å². The van der Waals surface area contributed by atoms with Crippen molar-refractivity contribution in [1.82, 2.24) is 0 Å². The minimum absolute atomic E-state index is 0.152. The van der Waals surface area contributed by atoms with Crippen LogP contribution in [0.4, 0.5) is 0 Å². The van der Waals surface area contributed by atoms with E-state index < -0.39 is 0 Å². The number of furan rings is 1. The van der Waals surface area contributed by atoms with Gasteiger partial charge in [0, 0.05) is 12.3 Å². The van der Waals surface area contributed by atoms with E-state index in [9.17, 15) is 4.79 Å². The molecule has 0 bridgehead atoms. The van der Waals surface area contributed by atoms with E-state index in [0.29, 0.717) is 6.42 Å². The van der Waals surface area contributed by atoms with Gasteiger partial charge in [-0.05, 0) is 12.1 Å². The lowest BCUT2D eigenvalue weighted by Crippen LogP contribution is -2.22. The third-order valence-corrected chi connectivity index (χ3v) is 1.57. The van der Waals surface area contributed by atoms with Gasteiger partial charge in [-0.15, -0.1) is 0 Å². The predicted octanol–water partition coefficient (Wildman–Crippen LogP) is 0.944. The van der Waals surface area contributed by atoms with E-state index in [-0.39, 0.29) is 11.8 Å². The second kappa shape index (κ2) is 3.23. The smallest absolute Gasteiger partial charge is 0.220 e. The fraction of sp³-hybridized carbons (Fsp3) is 0.375. The average molecular weight is 153 g/mol. The lowest BCUT2D eigenvalue weighted by molar-refractivity contribution is -0.121. The zero-order chi connectivity index (χ0) is 8.27. The van der Waals surface area contributed by atoms with Crippen molar-refractivity contribution in [3.8, 4) is 0 Å². The molecule has 1 aromatic heterocycles. The van der Waals surface area contributed by atoms with Gasteiger partial charge < -0.3 is 10.2 Å². The fourth-order valence-electron chi connectivity index (χ4n) is 0.831. The molecular formula is C8H11NO2. The molecule has 1 aromatic rings. The van der Waals surface area contributed by atoms with Gasteiger partial charge in [-0.3, -0.25) is 4.79 Å². The van der Waals surface area contributed by atoms with Crippen molar-refractivity contribution in [2.75, 3.05) is 0 Å². The summed E-state index contributed by atoms with van der Waals surface area (Å²) in [5.41, 5.74) is 5.07. The highest BCUT2D eigenvalue weighted by atomic mass is 16.3. The van der Waals surface area contributed by atoms with E-state index in [1.54, 1.807) is 19.3 Å². The summed E-state index contributed by atoms with van der Waals surface area (Å²) in [6, 6.07) is 3.63. The van der Waals surface area contributed by atoms with Crippen molar-refractivity contribution >= 4 is 5.91 Å². The Morgan fingerprint density at radius 1 is 1.82 bits per heavy atom. The van der Waals surface area contributed by atoms with Crippen LogP contribution in [0.3, 0.4) is 0 Å². The zero-order valence-electron chi connectivity index (χ0n) is 6.41. The molecule has 0 fully saturated rings. The number of primary amides is 1. The van der Waals surface area contributed by atoms with Crippen LogP contribution in [0.5, 0.6) is 0 Å². The van der Waals surface area contributed by atoms with Gasteiger partial charge >= 0.3 is 0 Å². The highest BCUT2D eigenvalue weighted by molar-refractivity contribution is 5.76. The first kappa shape index (κ1) is 7.85. The Hall–Kier alpha value is -1.25. The normalized spacial score (nSPS) is 12.8. The van der Waals surface area contributed by atoms with E-state index in [2.05, 4.69) is 0 Å². The number of nitrogens with two attached hydrogens (primary N) is 1. The van der Waals surface area contributed by atoms with Crippen molar-refractivity contribution < 1.29 is 9.21 Å². The molecule has 2 N–H and O–H groups in total. The number of carbonyl (C=O) groups excluding carboxylic acids is 1. The Labute approximate surface area is 65.2 Å². The number of rotatable bonds is 3. The summed E-state index contributed by atoms with van der Waals surface area (Å²) in [5, 5.41) is 0. The van der Waals surface area contributed by atoms with Gasteiger partial charge in [-0.2, -0.15) is 0 Å². The molecule has 0 saturated heterocycles. The first-order chi connectivity index (χ1) is 5.20. The van der Waals surface area contributed by atoms with Crippen molar-refractivity contribution in [3.63, 3.8) is 0 Å². The summed E-state index contributed by atoms with van der Waals surface area (Å²) in [4.78, 5) is 10.6. The van der Waals surface area contributed by atoms with Gasteiger partial charge in [0.25, 0.3) is 0 Å². The molecule has 0 saturated carbocycles. The molecule has 0 radical (unpaired) electrons. The third-order valence-electron chi connectivity index (χ3n) is 1.57. The summed E-state index contributed by atoms with van der Waals surface area (Å²) >= 11 is 0. The molecule has 1 heterocycles. The van der Waals surface area contributed by atoms with Gasteiger partial charge in [0.2, 0.25) is 5.91 Å². The summed E-state index contributed by atoms with van der Waals surface area (Å²) in [6.07, 6.45) is 2.17. The van der Waals surface area contributed by atoms with Crippen LogP contribution >= 0.6 is 0 Å². The van der Waals surface area contributed by atoms with Gasteiger partial charge in [0.1, 0.15) is 5.76 Å². The second-order valence-corrected chi connectivity index (χ2v) is 2.59. The van der Waals surface area contributed by atoms with Gasteiger partial charge in [-0.25, -0.2) is 0 Å². The number of carbonyl (C=O) groups is 1. The van der Waals surface area contributed by atoms with Crippen LogP contribution in [-0.4, -0.2) is 5.91 Å². The van der Waals surface area contributed by atoms with Crippen LogP contribution in [0, 0.1) is 5.92 Å². The van der Waals surface area contributed by atoms with Crippen molar-refractivity contribution in [2.24, 2.45) is 11.7 Å². The molecule has 11 heavy (non-hydrogen) atoms. The predicted molar refractivity (Wildman–Crippen MR) is 40.8 cm³/mol. The average Bonchev–Trinajstić information content (AvgIpc) is 2.39. The molecule has 0 unspecified atom stereocenters. The molecule has 0 aliphatic carbocycles. The maximum absolute atomic E-state index is 10.6. The first-order valence-corrected chi connectivity index (χ1v) is 3.52. The minimum Gasteiger partial charge on any atom is -0.469 e. The van der Waals surface area contributed by atoms with E-state index in [0.717, 1.165) is 5.76 Å². The van der Waals surface area contributed by atoms with Crippen molar-refractivity contribution in [1.29, 1.82) is 0 Å². The van der Waals surface area contributed by atoms with Crippen LogP contribution in [0.15, 0.2) is 22.8 Å².